The number of nitrogens with zero attached hydrogens (tertiary/aromatic N) is 5. The van der Waals surface area contributed by atoms with Gasteiger partial charge in [-0.1, -0.05) is 152 Å². The molecule has 5 aliphatic carbocycles. The van der Waals surface area contributed by atoms with E-state index in [0.29, 0.717) is 17.6 Å². The van der Waals surface area contributed by atoms with Crippen molar-refractivity contribution in [1.82, 2.24) is 24.1 Å². The van der Waals surface area contributed by atoms with E-state index in [9.17, 15) is 0 Å². The average Bonchev–Trinajstić information content (AvgIpc) is 4.07. The third-order valence-electron chi connectivity index (χ3n) is 18.3. The Labute approximate surface area is 428 Å². The van der Waals surface area contributed by atoms with E-state index in [1.54, 1.807) is 11.1 Å². The van der Waals surface area contributed by atoms with Crippen LogP contribution < -0.4 is 0 Å². The highest BCUT2D eigenvalue weighted by molar-refractivity contribution is 6.13. The van der Waals surface area contributed by atoms with Crippen molar-refractivity contribution in [1.29, 1.82) is 0 Å². The van der Waals surface area contributed by atoms with E-state index in [1.807, 2.05) is 0 Å². The summed E-state index contributed by atoms with van der Waals surface area (Å²) in [6, 6.07) is 78.5. The fraction of sp³-hybridized carbons (Fsp3) is 0.145. The molecule has 0 aliphatic heterocycles. The molecule has 4 fully saturated rings. The maximum atomic E-state index is 5.32. The minimum Gasteiger partial charge on any atom is -0.309 e. The van der Waals surface area contributed by atoms with Crippen molar-refractivity contribution in [2.75, 3.05) is 0 Å². The van der Waals surface area contributed by atoms with Crippen LogP contribution in [0.3, 0.4) is 0 Å². The lowest BCUT2D eigenvalue weighted by Crippen LogP contribution is -2.55. The summed E-state index contributed by atoms with van der Waals surface area (Å²) in [5.74, 6) is 5.13. The Balaban J connectivity index is 0.810. The summed E-state index contributed by atoms with van der Waals surface area (Å²) in [6.07, 6.45) is 6.99. The Hall–Kier alpha value is -8.67. The van der Waals surface area contributed by atoms with Crippen LogP contribution in [0.25, 0.3) is 122 Å². The van der Waals surface area contributed by atoms with Crippen molar-refractivity contribution in [3.8, 4) is 56.7 Å². The van der Waals surface area contributed by atoms with Gasteiger partial charge in [-0.3, -0.25) is 4.57 Å². The second kappa shape index (κ2) is 15.2. The Morgan fingerprint density at radius 1 is 0.338 bits per heavy atom. The second-order valence-corrected chi connectivity index (χ2v) is 22.0. The van der Waals surface area contributed by atoms with E-state index in [-0.39, 0.29) is 5.41 Å². The smallest absolute Gasteiger partial charge is 0.238 e. The fourth-order valence-electron chi connectivity index (χ4n) is 15.5. The summed E-state index contributed by atoms with van der Waals surface area (Å²) in [5, 5.41) is 9.49. The number of fused-ring (bicyclic) bond motifs is 11. The molecule has 18 rings (SSSR count). The van der Waals surface area contributed by atoms with Gasteiger partial charge < -0.3 is 4.57 Å². The van der Waals surface area contributed by atoms with E-state index < -0.39 is 0 Å². The van der Waals surface area contributed by atoms with E-state index in [0.717, 1.165) is 67.4 Å². The standard InChI is InChI=1S/C69H49N5/c1-3-13-45-36-49(23-21-43(45)11-1)66-70-67(50-24-22-44-12-2-4-14-46(44)37-50)72-68(71-66)74-63-20-10-7-17-57(63)59-39-48(26-30-65(59)74)47-25-29-64-58(38-47)56-16-6-9-19-62(56)73(64)53-27-28-55-54-15-5-8-18-60(54)69(61(55)40-53)51-32-41-31-42(34-51)35-52(69)33-41/h1-30,36-42,51-52H,31-35H2. The minimum absolute atomic E-state index is 0.117. The van der Waals surface area contributed by atoms with Gasteiger partial charge in [0.05, 0.1) is 22.1 Å². The molecule has 0 amide bonds. The lowest BCUT2D eigenvalue weighted by Gasteiger charge is -2.61. The summed E-state index contributed by atoms with van der Waals surface area (Å²) in [5.41, 5.74) is 16.3. The van der Waals surface area contributed by atoms with Gasteiger partial charge in [-0.2, -0.15) is 9.97 Å². The van der Waals surface area contributed by atoms with Gasteiger partial charge in [0.2, 0.25) is 5.95 Å². The molecule has 3 heterocycles. The predicted molar refractivity (Wildman–Crippen MR) is 303 cm³/mol. The lowest BCUT2D eigenvalue weighted by molar-refractivity contribution is -0.0399. The molecule has 74 heavy (non-hydrogen) atoms. The lowest BCUT2D eigenvalue weighted by atomic mass is 9.43. The van der Waals surface area contributed by atoms with Crippen LogP contribution in [0.2, 0.25) is 0 Å². The Kier molecular flexibility index (Phi) is 8.39. The molecule has 1 spiro atoms. The third-order valence-corrected chi connectivity index (χ3v) is 18.3. The molecule has 0 radical (unpaired) electrons. The molecular formula is C69H49N5. The van der Waals surface area contributed by atoms with Gasteiger partial charge >= 0.3 is 0 Å². The van der Waals surface area contributed by atoms with Crippen LogP contribution in [-0.2, 0) is 5.41 Å². The number of aromatic nitrogens is 5. The van der Waals surface area contributed by atoms with E-state index in [4.69, 9.17) is 15.0 Å². The van der Waals surface area contributed by atoms with Crippen molar-refractivity contribution in [3.63, 3.8) is 0 Å². The molecule has 13 aromatic rings. The second-order valence-electron chi connectivity index (χ2n) is 22.0. The summed E-state index contributed by atoms with van der Waals surface area (Å²) in [4.78, 5) is 15.8. The number of hydrogen-bond donors (Lipinski definition) is 0. The molecular weight excluding hydrogens is 899 g/mol. The van der Waals surface area contributed by atoms with E-state index in [2.05, 4.69) is 221 Å². The van der Waals surface area contributed by atoms with Crippen LogP contribution in [-0.4, -0.2) is 24.1 Å². The summed E-state index contributed by atoms with van der Waals surface area (Å²) < 4.78 is 4.77. The van der Waals surface area contributed by atoms with Crippen molar-refractivity contribution >= 4 is 65.2 Å². The summed E-state index contributed by atoms with van der Waals surface area (Å²) in [6.45, 7) is 0. The predicted octanol–water partition coefficient (Wildman–Crippen LogP) is 17.1. The first-order valence-electron chi connectivity index (χ1n) is 26.7. The zero-order chi connectivity index (χ0) is 48.2. The number of para-hydroxylation sites is 2. The molecule has 350 valence electrons. The molecule has 0 saturated heterocycles. The highest BCUT2D eigenvalue weighted by atomic mass is 15.2. The fourth-order valence-corrected chi connectivity index (χ4v) is 15.5. The molecule has 10 aromatic carbocycles. The maximum Gasteiger partial charge on any atom is 0.238 e. The van der Waals surface area contributed by atoms with Gasteiger partial charge in [0, 0.05) is 43.8 Å². The average molecular weight is 948 g/mol. The van der Waals surface area contributed by atoms with Crippen LogP contribution in [0.4, 0.5) is 0 Å². The van der Waals surface area contributed by atoms with Gasteiger partial charge in [-0.25, -0.2) is 4.98 Å². The van der Waals surface area contributed by atoms with Gasteiger partial charge in [-0.15, -0.1) is 0 Å². The molecule has 0 atom stereocenters. The zero-order valence-electron chi connectivity index (χ0n) is 40.8. The largest absolute Gasteiger partial charge is 0.309 e. The topological polar surface area (TPSA) is 48.5 Å². The zero-order valence-corrected chi connectivity index (χ0v) is 40.8. The molecule has 5 heteroatoms. The summed E-state index contributed by atoms with van der Waals surface area (Å²) in [7, 11) is 0. The normalized spacial score (nSPS) is 20.5. The van der Waals surface area contributed by atoms with Gasteiger partial charge in [0.15, 0.2) is 11.6 Å². The number of hydrogen-bond acceptors (Lipinski definition) is 3. The first kappa shape index (κ1) is 40.9. The Morgan fingerprint density at radius 3 is 1.45 bits per heavy atom. The molecule has 0 N–H and O–H groups in total. The highest BCUT2D eigenvalue weighted by Crippen LogP contribution is 2.69. The van der Waals surface area contributed by atoms with Crippen LogP contribution in [0, 0.1) is 23.7 Å². The van der Waals surface area contributed by atoms with Crippen LogP contribution in [0.5, 0.6) is 0 Å². The Bertz CT molecular complexity index is 4410. The first-order valence-corrected chi connectivity index (χ1v) is 26.7. The van der Waals surface area contributed by atoms with Crippen molar-refractivity contribution in [2.45, 2.75) is 37.5 Å². The van der Waals surface area contributed by atoms with E-state index >= 15 is 0 Å². The number of benzene rings is 10. The minimum atomic E-state index is 0.117. The highest BCUT2D eigenvalue weighted by Gasteiger charge is 2.61. The molecule has 4 saturated carbocycles. The maximum absolute atomic E-state index is 5.32. The van der Waals surface area contributed by atoms with Crippen LogP contribution in [0.1, 0.15) is 43.2 Å². The molecule has 3 aromatic heterocycles. The number of rotatable bonds is 5. The quantitative estimate of drug-likeness (QED) is 0.173. The van der Waals surface area contributed by atoms with Gasteiger partial charge in [0.25, 0.3) is 0 Å². The SMILES string of the molecule is c1ccc2c(c1)-c1ccc(-n3c4ccccc4c4cc(-c5ccc6c(c5)c5ccccc5n6-c5nc(-c6ccc7ccccc7c6)nc(-c6ccc7ccccc7c6)n5)ccc43)cc1C21C2CC3CC(C2)CC1C3. The first-order chi connectivity index (χ1) is 36.6. The van der Waals surface area contributed by atoms with Crippen molar-refractivity contribution in [3.05, 3.63) is 223 Å². The summed E-state index contributed by atoms with van der Waals surface area (Å²) >= 11 is 0. The van der Waals surface area contributed by atoms with Crippen LogP contribution in [0.15, 0.2) is 212 Å². The van der Waals surface area contributed by atoms with Crippen molar-refractivity contribution in [2.24, 2.45) is 23.7 Å². The van der Waals surface area contributed by atoms with Gasteiger partial charge in [0.1, 0.15) is 0 Å². The monoisotopic (exact) mass is 947 g/mol. The molecule has 5 nitrogen and oxygen atoms in total. The van der Waals surface area contributed by atoms with Gasteiger partial charge in [-0.05, 0) is 171 Å². The molecule has 4 bridgehead atoms. The molecule has 5 aliphatic rings. The third kappa shape index (κ3) is 5.72. The molecule has 0 unspecified atom stereocenters. The van der Waals surface area contributed by atoms with Crippen LogP contribution >= 0.6 is 0 Å². The Morgan fingerprint density at radius 2 is 0.824 bits per heavy atom. The van der Waals surface area contributed by atoms with E-state index in [1.165, 1.54) is 92.6 Å². The van der Waals surface area contributed by atoms with Crippen molar-refractivity contribution < 1.29 is 0 Å².